The third-order valence-electron chi connectivity index (χ3n) is 5.83. The van der Waals surface area contributed by atoms with Crippen molar-refractivity contribution in [1.82, 2.24) is 14.5 Å². The molecule has 0 aromatic heterocycles. The Labute approximate surface area is 201 Å². The molecule has 0 radical (unpaired) electrons. The topological polar surface area (TPSA) is 80.3 Å². The summed E-state index contributed by atoms with van der Waals surface area (Å²) in [5, 5.41) is 3.35. The maximum atomic E-state index is 13.5. The van der Waals surface area contributed by atoms with E-state index in [1.807, 2.05) is 20.0 Å². The van der Waals surface area contributed by atoms with Crippen molar-refractivity contribution < 1.29 is 27.0 Å². The Morgan fingerprint density at radius 3 is 2.35 bits per heavy atom. The van der Waals surface area contributed by atoms with Crippen molar-refractivity contribution in [2.24, 2.45) is 0 Å². The van der Waals surface area contributed by atoms with Crippen molar-refractivity contribution >= 4 is 10.0 Å². The zero-order chi connectivity index (χ0) is 24.7. The lowest BCUT2D eigenvalue weighted by Gasteiger charge is -2.32. The van der Waals surface area contributed by atoms with E-state index in [1.54, 1.807) is 12.1 Å². The van der Waals surface area contributed by atoms with Crippen LogP contribution in [0.2, 0.25) is 0 Å². The third kappa shape index (κ3) is 6.59. The van der Waals surface area contributed by atoms with Gasteiger partial charge in [0.05, 0.1) is 14.2 Å². The van der Waals surface area contributed by atoms with Crippen molar-refractivity contribution in [3.8, 4) is 17.2 Å². The number of halogens is 1. The first-order chi connectivity index (χ1) is 16.2. The summed E-state index contributed by atoms with van der Waals surface area (Å²) in [6.07, 6.45) is 0.624. The van der Waals surface area contributed by atoms with Gasteiger partial charge in [0.25, 0.3) is 0 Å². The second kappa shape index (κ2) is 11.8. The standard InChI is InChI=1S/C24H34FN3O5S/c1-18(26-9-14-33-23-17-20(25)6-8-21(23)31-3)15-19-5-7-22(32-4)24(16-19)34(29,30)28-12-10-27(2)11-13-28/h5-8,16-18,26H,9-15H2,1-4H3. The van der Waals surface area contributed by atoms with Crippen molar-refractivity contribution in [2.45, 2.75) is 24.3 Å². The Bertz CT molecular complexity index is 1060. The van der Waals surface area contributed by atoms with Gasteiger partial charge in [-0.25, -0.2) is 12.8 Å². The average molecular weight is 496 g/mol. The molecule has 0 amide bonds. The van der Waals surface area contributed by atoms with Crippen LogP contribution in [0.3, 0.4) is 0 Å². The highest BCUT2D eigenvalue weighted by Gasteiger charge is 2.30. The van der Waals surface area contributed by atoms with E-state index in [1.165, 1.54) is 36.7 Å². The van der Waals surface area contributed by atoms with Gasteiger partial charge in [-0.3, -0.25) is 0 Å². The Morgan fingerprint density at radius 1 is 1.00 bits per heavy atom. The smallest absolute Gasteiger partial charge is 0.246 e. The van der Waals surface area contributed by atoms with Crippen LogP contribution < -0.4 is 19.5 Å². The molecule has 0 aliphatic carbocycles. The fraction of sp³-hybridized carbons (Fsp3) is 0.500. The van der Waals surface area contributed by atoms with E-state index >= 15 is 0 Å². The van der Waals surface area contributed by atoms with E-state index in [9.17, 15) is 12.8 Å². The molecule has 1 fully saturated rings. The lowest BCUT2D eigenvalue weighted by atomic mass is 10.1. The predicted molar refractivity (Wildman–Crippen MR) is 129 cm³/mol. The van der Waals surface area contributed by atoms with Crippen LogP contribution in [0.5, 0.6) is 17.2 Å². The molecule has 1 unspecified atom stereocenters. The van der Waals surface area contributed by atoms with E-state index in [-0.39, 0.29) is 16.8 Å². The minimum absolute atomic E-state index is 0.0607. The molecule has 1 aliphatic rings. The molecule has 34 heavy (non-hydrogen) atoms. The van der Waals surface area contributed by atoms with Gasteiger partial charge in [0, 0.05) is 44.8 Å². The summed E-state index contributed by atoms with van der Waals surface area (Å²) in [6, 6.07) is 9.50. The largest absolute Gasteiger partial charge is 0.495 e. The van der Waals surface area contributed by atoms with E-state index < -0.39 is 10.0 Å². The molecular formula is C24H34FN3O5S. The van der Waals surface area contributed by atoms with Gasteiger partial charge < -0.3 is 24.4 Å². The number of ether oxygens (including phenoxy) is 3. The summed E-state index contributed by atoms with van der Waals surface area (Å²) in [7, 11) is 1.33. The van der Waals surface area contributed by atoms with Gasteiger partial charge in [-0.05, 0) is 50.2 Å². The quantitative estimate of drug-likeness (QED) is 0.480. The molecule has 0 saturated carbocycles. The van der Waals surface area contributed by atoms with Gasteiger partial charge in [-0.15, -0.1) is 0 Å². The van der Waals surface area contributed by atoms with E-state index in [2.05, 4.69) is 10.2 Å². The predicted octanol–water partition coefficient (Wildman–Crippen LogP) is 2.38. The average Bonchev–Trinajstić information content (AvgIpc) is 2.82. The van der Waals surface area contributed by atoms with Crippen LogP contribution in [0, 0.1) is 5.82 Å². The van der Waals surface area contributed by atoms with Crippen LogP contribution in [0.1, 0.15) is 12.5 Å². The normalized spacial score (nSPS) is 16.3. The number of likely N-dealkylation sites (N-methyl/N-ethyl adjacent to an activating group) is 1. The maximum absolute atomic E-state index is 13.5. The molecule has 1 heterocycles. The molecule has 8 nitrogen and oxygen atoms in total. The van der Waals surface area contributed by atoms with Crippen LogP contribution in [0.15, 0.2) is 41.3 Å². The summed E-state index contributed by atoms with van der Waals surface area (Å²) in [5.41, 5.74) is 0.890. The van der Waals surface area contributed by atoms with Crippen molar-refractivity contribution in [3.63, 3.8) is 0 Å². The molecule has 1 N–H and O–H groups in total. The zero-order valence-corrected chi connectivity index (χ0v) is 21.0. The number of hydrogen-bond acceptors (Lipinski definition) is 7. The van der Waals surface area contributed by atoms with Crippen molar-refractivity contribution in [3.05, 3.63) is 47.8 Å². The molecule has 1 atom stereocenters. The highest BCUT2D eigenvalue weighted by atomic mass is 32.2. The van der Waals surface area contributed by atoms with Crippen LogP contribution in [0.25, 0.3) is 0 Å². The van der Waals surface area contributed by atoms with Crippen LogP contribution in [-0.2, 0) is 16.4 Å². The maximum Gasteiger partial charge on any atom is 0.246 e. The van der Waals surface area contributed by atoms with Gasteiger partial charge in [0.2, 0.25) is 10.0 Å². The fourth-order valence-corrected chi connectivity index (χ4v) is 5.50. The highest BCUT2D eigenvalue weighted by Crippen LogP contribution is 2.29. The fourth-order valence-electron chi connectivity index (χ4n) is 3.87. The highest BCUT2D eigenvalue weighted by molar-refractivity contribution is 7.89. The van der Waals surface area contributed by atoms with Gasteiger partial charge in [-0.1, -0.05) is 6.07 Å². The Morgan fingerprint density at radius 2 is 1.68 bits per heavy atom. The summed E-state index contributed by atoms with van der Waals surface area (Å²) >= 11 is 0. The SMILES string of the molecule is COc1ccc(F)cc1OCCNC(C)Cc1ccc(OC)c(S(=O)(=O)N2CCN(C)CC2)c1. The minimum atomic E-state index is -3.65. The molecule has 1 aliphatic heterocycles. The summed E-state index contributed by atoms with van der Waals surface area (Å²) < 4.78 is 57.8. The van der Waals surface area contributed by atoms with E-state index in [0.29, 0.717) is 63.0 Å². The number of nitrogens with one attached hydrogen (secondary N) is 1. The Balaban J connectivity index is 1.59. The van der Waals surface area contributed by atoms with E-state index in [4.69, 9.17) is 14.2 Å². The Hall–Kier alpha value is -2.40. The number of hydrogen-bond donors (Lipinski definition) is 1. The van der Waals surface area contributed by atoms with Gasteiger partial charge in [-0.2, -0.15) is 4.31 Å². The molecule has 2 aromatic carbocycles. The number of piperazine rings is 1. The lowest BCUT2D eigenvalue weighted by molar-refractivity contribution is 0.222. The number of rotatable bonds is 11. The first-order valence-electron chi connectivity index (χ1n) is 11.3. The molecule has 2 aromatic rings. The molecule has 10 heteroatoms. The van der Waals surface area contributed by atoms with E-state index in [0.717, 1.165) is 5.56 Å². The molecule has 0 spiro atoms. The van der Waals surface area contributed by atoms with Gasteiger partial charge in [0.15, 0.2) is 11.5 Å². The summed E-state index contributed by atoms with van der Waals surface area (Å²) in [4.78, 5) is 2.31. The molecule has 188 valence electrons. The van der Waals surface area contributed by atoms with Gasteiger partial charge in [0.1, 0.15) is 23.1 Å². The van der Waals surface area contributed by atoms with Crippen molar-refractivity contribution in [1.29, 1.82) is 0 Å². The van der Waals surface area contributed by atoms with Crippen LogP contribution >= 0.6 is 0 Å². The summed E-state index contributed by atoms with van der Waals surface area (Å²) in [5.74, 6) is 0.785. The second-order valence-electron chi connectivity index (χ2n) is 8.40. The third-order valence-corrected chi connectivity index (χ3v) is 7.75. The van der Waals surface area contributed by atoms with Crippen LogP contribution in [-0.4, -0.2) is 84.3 Å². The lowest BCUT2D eigenvalue weighted by Crippen LogP contribution is -2.47. The number of sulfonamides is 1. The monoisotopic (exact) mass is 495 g/mol. The van der Waals surface area contributed by atoms with Crippen molar-refractivity contribution in [2.75, 3.05) is 60.6 Å². The first kappa shape index (κ1) is 26.2. The minimum Gasteiger partial charge on any atom is -0.495 e. The molecular weight excluding hydrogens is 461 g/mol. The molecule has 1 saturated heterocycles. The van der Waals surface area contributed by atoms with Gasteiger partial charge >= 0.3 is 0 Å². The second-order valence-corrected chi connectivity index (χ2v) is 10.3. The Kier molecular flexibility index (Phi) is 9.12. The molecule has 3 rings (SSSR count). The van der Waals surface area contributed by atoms with Crippen LogP contribution in [0.4, 0.5) is 4.39 Å². The summed E-state index contributed by atoms with van der Waals surface area (Å²) in [6.45, 7) is 5.19. The number of nitrogens with zero attached hydrogens (tertiary/aromatic N) is 2. The first-order valence-corrected chi connectivity index (χ1v) is 12.7. The molecule has 0 bridgehead atoms. The zero-order valence-electron chi connectivity index (χ0n) is 20.2. The number of benzene rings is 2. The number of methoxy groups -OCH3 is 2.